The van der Waals surface area contributed by atoms with Gasteiger partial charge in [0.2, 0.25) is 0 Å². The fourth-order valence-electron chi connectivity index (χ4n) is 1.77. The number of rotatable bonds is 2. The smallest absolute Gasteiger partial charge is 0.162 e. The van der Waals surface area contributed by atoms with Crippen LogP contribution in [-0.2, 0) is 6.54 Å². The molecule has 1 aromatic heterocycles. The minimum atomic E-state index is 0.520. The van der Waals surface area contributed by atoms with Crippen LogP contribution < -0.4 is 0 Å². The maximum atomic E-state index is 8.58. The third-order valence-corrected chi connectivity index (χ3v) is 2.97. The number of hydrogen-bond donors (Lipinski definition) is 0. The molecule has 13 heavy (non-hydrogen) atoms. The summed E-state index contributed by atoms with van der Waals surface area (Å²) in [7, 11) is 0. The molecule has 1 saturated carbocycles. The van der Waals surface area contributed by atoms with Crippen LogP contribution in [0.4, 0.5) is 0 Å². The van der Waals surface area contributed by atoms with Gasteiger partial charge >= 0.3 is 0 Å². The van der Waals surface area contributed by atoms with Gasteiger partial charge in [0.1, 0.15) is 6.07 Å². The standard InChI is InChI=1S/C10H13N3/c1-8-2-3-9(8)7-13-5-4-10(6-11)12-13/h4-5,8-9H,2-3,7H2,1H3/t8-,9-/m1/s1. The lowest BCUT2D eigenvalue weighted by molar-refractivity contribution is 0.165. The van der Waals surface area contributed by atoms with Gasteiger partial charge in [-0.1, -0.05) is 13.3 Å². The summed E-state index contributed by atoms with van der Waals surface area (Å²) < 4.78 is 1.89. The van der Waals surface area contributed by atoms with Crippen molar-refractivity contribution in [1.29, 1.82) is 5.26 Å². The molecule has 0 unspecified atom stereocenters. The van der Waals surface area contributed by atoms with Gasteiger partial charge in [0, 0.05) is 12.7 Å². The van der Waals surface area contributed by atoms with Crippen LogP contribution >= 0.6 is 0 Å². The first-order valence-corrected chi connectivity index (χ1v) is 4.73. The predicted octanol–water partition coefficient (Wildman–Crippen LogP) is 1.80. The van der Waals surface area contributed by atoms with E-state index < -0.39 is 0 Å². The van der Waals surface area contributed by atoms with Crippen molar-refractivity contribution >= 4 is 0 Å². The van der Waals surface area contributed by atoms with Gasteiger partial charge in [0.15, 0.2) is 5.69 Å². The molecular weight excluding hydrogens is 162 g/mol. The lowest BCUT2D eigenvalue weighted by Crippen LogP contribution is -2.27. The first-order valence-electron chi connectivity index (χ1n) is 4.73. The fraction of sp³-hybridized carbons (Fsp3) is 0.600. The van der Waals surface area contributed by atoms with Crippen molar-refractivity contribution in [2.24, 2.45) is 11.8 Å². The van der Waals surface area contributed by atoms with E-state index in [0.717, 1.165) is 18.4 Å². The Morgan fingerprint density at radius 3 is 3.00 bits per heavy atom. The molecular formula is C10H13N3. The van der Waals surface area contributed by atoms with Gasteiger partial charge in [0.05, 0.1) is 0 Å². The molecule has 2 rings (SSSR count). The van der Waals surface area contributed by atoms with Crippen molar-refractivity contribution in [3.05, 3.63) is 18.0 Å². The summed E-state index contributed by atoms with van der Waals surface area (Å²) in [5, 5.41) is 12.7. The summed E-state index contributed by atoms with van der Waals surface area (Å²) in [5.41, 5.74) is 0.520. The molecule has 0 bridgehead atoms. The minimum absolute atomic E-state index is 0.520. The molecule has 0 spiro atoms. The Balaban J connectivity index is 1.98. The quantitative estimate of drug-likeness (QED) is 0.687. The Morgan fingerprint density at radius 1 is 1.69 bits per heavy atom. The lowest BCUT2D eigenvalue weighted by atomic mass is 9.75. The molecule has 0 aliphatic heterocycles. The van der Waals surface area contributed by atoms with E-state index >= 15 is 0 Å². The molecule has 0 aromatic carbocycles. The molecule has 1 heterocycles. The van der Waals surface area contributed by atoms with Gasteiger partial charge in [-0.05, 0) is 24.3 Å². The first-order chi connectivity index (χ1) is 6.29. The van der Waals surface area contributed by atoms with Gasteiger partial charge in [0.25, 0.3) is 0 Å². The third-order valence-electron chi connectivity index (χ3n) is 2.97. The molecule has 1 fully saturated rings. The van der Waals surface area contributed by atoms with E-state index in [4.69, 9.17) is 5.26 Å². The van der Waals surface area contributed by atoms with E-state index in [0.29, 0.717) is 5.69 Å². The van der Waals surface area contributed by atoms with Gasteiger partial charge in [-0.25, -0.2) is 0 Å². The van der Waals surface area contributed by atoms with Crippen LogP contribution in [0.15, 0.2) is 12.3 Å². The van der Waals surface area contributed by atoms with E-state index in [1.165, 1.54) is 12.8 Å². The average Bonchev–Trinajstić information content (AvgIpc) is 2.59. The second-order valence-electron chi connectivity index (χ2n) is 3.85. The molecule has 0 saturated heterocycles. The largest absolute Gasteiger partial charge is 0.271 e. The second-order valence-corrected chi connectivity index (χ2v) is 3.85. The molecule has 1 aliphatic carbocycles. The highest BCUT2D eigenvalue weighted by Gasteiger charge is 2.26. The zero-order valence-corrected chi connectivity index (χ0v) is 7.77. The Hall–Kier alpha value is -1.30. The van der Waals surface area contributed by atoms with Crippen molar-refractivity contribution in [3.63, 3.8) is 0 Å². The molecule has 3 nitrogen and oxygen atoms in total. The molecule has 1 aromatic rings. The number of nitrogens with zero attached hydrogens (tertiary/aromatic N) is 3. The molecule has 0 amide bonds. The normalized spacial score (nSPS) is 26.5. The Kier molecular flexibility index (Phi) is 2.05. The van der Waals surface area contributed by atoms with Crippen molar-refractivity contribution in [2.45, 2.75) is 26.3 Å². The molecule has 2 atom stereocenters. The van der Waals surface area contributed by atoms with Crippen LogP contribution in [0.5, 0.6) is 0 Å². The van der Waals surface area contributed by atoms with Crippen LogP contribution in [-0.4, -0.2) is 9.78 Å². The van der Waals surface area contributed by atoms with Crippen LogP contribution in [0.25, 0.3) is 0 Å². The fourth-order valence-corrected chi connectivity index (χ4v) is 1.77. The maximum absolute atomic E-state index is 8.58. The van der Waals surface area contributed by atoms with Crippen LogP contribution in [0.1, 0.15) is 25.5 Å². The highest BCUT2D eigenvalue weighted by molar-refractivity contribution is 5.16. The van der Waals surface area contributed by atoms with E-state index in [1.807, 2.05) is 16.9 Å². The summed E-state index contributed by atoms with van der Waals surface area (Å²) in [5.74, 6) is 1.60. The zero-order chi connectivity index (χ0) is 9.26. The molecule has 0 radical (unpaired) electrons. The number of nitriles is 1. The zero-order valence-electron chi connectivity index (χ0n) is 7.77. The average molecular weight is 175 g/mol. The van der Waals surface area contributed by atoms with E-state index in [2.05, 4.69) is 12.0 Å². The van der Waals surface area contributed by atoms with Gasteiger partial charge < -0.3 is 0 Å². The Labute approximate surface area is 78.0 Å². The summed E-state index contributed by atoms with van der Waals surface area (Å²) >= 11 is 0. The van der Waals surface area contributed by atoms with Gasteiger partial charge in [-0.2, -0.15) is 10.4 Å². The van der Waals surface area contributed by atoms with E-state index in [9.17, 15) is 0 Å². The summed E-state index contributed by atoms with van der Waals surface area (Å²) in [4.78, 5) is 0. The second kappa shape index (κ2) is 3.21. The molecule has 1 aliphatic rings. The summed E-state index contributed by atoms with van der Waals surface area (Å²) in [6.07, 6.45) is 4.55. The Bertz CT molecular complexity index is 334. The van der Waals surface area contributed by atoms with Gasteiger partial charge in [-0.3, -0.25) is 4.68 Å². The summed E-state index contributed by atoms with van der Waals surface area (Å²) in [6, 6.07) is 3.80. The van der Waals surface area contributed by atoms with Crippen molar-refractivity contribution in [2.75, 3.05) is 0 Å². The number of hydrogen-bond acceptors (Lipinski definition) is 2. The van der Waals surface area contributed by atoms with Crippen LogP contribution in [0, 0.1) is 23.2 Å². The van der Waals surface area contributed by atoms with Crippen molar-refractivity contribution < 1.29 is 0 Å². The monoisotopic (exact) mass is 175 g/mol. The molecule has 3 heteroatoms. The van der Waals surface area contributed by atoms with Crippen LogP contribution in [0.2, 0.25) is 0 Å². The minimum Gasteiger partial charge on any atom is -0.271 e. The highest BCUT2D eigenvalue weighted by atomic mass is 15.3. The maximum Gasteiger partial charge on any atom is 0.162 e. The SMILES string of the molecule is C[C@@H]1CC[C@@H]1Cn1ccc(C#N)n1. The van der Waals surface area contributed by atoms with Gasteiger partial charge in [-0.15, -0.1) is 0 Å². The van der Waals surface area contributed by atoms with Crippen LogP contribution in [0.3, 0.4) is 0 Å². The lowest BCUT2D eigenvalue weighted by Gasteiger charge is -2.33. The number of aromatic nitrogens is 2. The van der Waals surface area contributed by atoms with Crippen molar-refractivity contribution in [3.8, 4) is 6.07 Å². The van der Waals surface area contributed by atoms with E-state index in [-0.39, 0.29) is 0 Å². The Morgan fingerprint density at radius 2 is 2.54 bits per heavy atom. The van der Waals surface area contributed by atoms with E-state index in [1.54, 1.807) is 6.07 Å². The highest BCUT2D eigenvalue weighted by Crippen LogP contribution is 2.34. The predicted molar refractivity (Wildman–Crippen MR) is 48.8 cm³/mol. The first kappa shape index (κ1) is 8.31. The molecule has 0 N–H and O–H groups in total. The van der Waals surface area contributed by atoms with Crippen molar-refractivity contribution in [1.82, 2.24) is 9.78 Å². The summed E-state index contributed by atoms with van der Waals surface area (Å²) in [6.45, 7) is 3.26. The third kappa shape index (κ3) is 1.57. The molecule has 68 valence electrons. The topological polar surface area (TPSA) is 41.6 Å².